The lowest BCUT2D eigenvalue weighted by atomic mass is 10.1. The fourth-order valence-corrected chi connectivity index (χ4v) is 2.97. The van der Waals surface area contributed by atoms with Gasteiger partial charge in [-0.3, -0.25) is 4.55 Å². The third-order valence-electron chi connectivity index (χ3n) is 4.83. The first-order valence-corrected chi connectivity index (χ1v) is 12.6. The van der Waals surface area contributed by atoms with E-state index in [1.807, 2.05) is 0 Å². The average Bonchev–Trinajstić information content (AvgIpc) is 2.63. The molecule has 1 N–H and O–H groups in total. The molecule has 176 valence electrons. The molecule has 0 amide bonds. The van der Waals surface area contributed by atoms with Gasteiger partial charge in [-0.15, -0.1) is 0 Å². The fraction of sp³-hybridized carbons (Fsp3) is 0.952. The highest BCUT2D eigenvalue weighted by Gasteiger charge is 2.09. The minimum Gasteiger partial charge on any atom is -0.862 e. The van der Waals surface area contributed by atoms with Crippen molar-refractivity contribution in [2.75, 3.05) is 40.3 Å². The van der Waals surface area contributed by atoms with Crippen LogP contribution in [0.1, 0.15) is 91.4 Å². The molecule has 8 heteroatoms. The zero-order chi connectivity index (χ0) is 22.6. The number of aliphatic imine (C=N–C) groups is 1. The van der Waals surface area contributed by atoms with Crippen LogP contribution in [0.15, 0.2) is 4.99 Å². The lowest BCUT2D eigenvalue weighted by Crippen LogP contribution is -2.40. The van der Waals surface area contributed by atoms with Crippen LogP contribution in [0.2, 0.25) is 0 Å². The van der Waals surface area contributed by atoms with Gasteiger partial charge in [-0.1, -0.05) is 58.3 Å². The molecule has 0 aliphatic heterocycles. The van der Waals surface area contributed by atoms with E-state index in [-0.39, 0.29) is 12.5 Å². The smallest absolute Gasteiger partial charge is 0.397 e. The van der Waals surface area contributed by atoms with E-state index in [0.29, 0.717) is 13.0 Å². The van der Waals surface area contributed by atoms with Gasteiger partial charge < -0.3 is 14.6 Å². The zero-order valence-electron chi connectivity index (χ0n) is 19.5. The normalized spacial score (nSPS) is 12.6. The van der Waals surface area contributed by atoms with Crippen molar-refractivity contribution in [3.63, 3.8) is 0 Å². The van der Waals surface area contributed by atoms with Gasteiger partial charge in [0.1, 0.15) is 0 Å². The lowest BCUT2D eigenvalue weighted by molar-refractivity contribution is -0.888. The van der Waals surface area contributed by atoms with E-state index in [9.17, 15) is 13.5 Å². The van der Waals surface area contributed by atoms with Gasteiger partial charge in [-0.25, -0.2) is 4.18 Å². The summed E-state index contributed by atoms with van der Waals surface area (Å²) < 4.78 is 31.7. The number of hydrogen-bond acceptors (Lipinski definition) is 5. The van der Waals surface area contributed by atoms with Crippen molar-refractivity contribution in [3.8, 4) is 0 Å². The van der Waals surface area contributed by atoms with Gasteiger partial charge in [0, 0.05) is 13.0 Å². The first kappa shape index (κ1) is 30.5. The first-order valence-electron chi connectivity index (χ1n) is 11.2. The maximum absolute atomic E-state index is 11.7. The van der Waals surface area contributed by atoms with Crippen LogP contribution in [0.25, 0.3) is 0 Å². The Labute approximate surface area is 180 Å². The van der Waals surface area contributed by atoms with Crippen LogP contribution in [0.5, 0.6) is 0 Å². The van der Waals surface area contributed by atoms with E-state index < -0.39 is 10.4 Å². The number of hydrogen-bond donors (Lipinski definition) is 1. The summed E-state index contributed by atoms with van der Waals surface area (Å²) in [4.78, 5) is 4.18. The molecular weight excluding hydrogens is 392 g/mol. The summed E-state index contributed by atoms with van der Waals surface area (Å²) in [5, 5.41) is 11.7. The molecule has 0 rings (SSSR count). The van der Waals surface area contributed by atoms with Crippen LogP contribution >= 0.6 is 0 Å². The molecule has 0 unspecified atom stereocenters. The third kappa shape index (κ3) is 27.3. The van der Waals surface area contributed by atoms with Gasteiger partial charge in [-0.05, 0) is 32.6 Å². The summed E-state index contributed by atoms with van der Waals surface area (Å²) >= 11 is 0. The van der Waals surface area contributed by atoms with E-state index >= 15 is 0 Å². The van der Waals surface area contributed by atoms with Gasteiger partial charge in [0.15, 0.2) is 0 Å². The Morgan fingerprint density at radius 1 is 0.931 bits per heavy atom. The highest BCUT2D eigenvalue weighted by molar-refractivity contribution is 7.80. The van der Waals surface area contributed by atoms with Crippen LogP contribution in [-0.4, -0.2) is 63.7 Å². The number of unbranched alkanes of at least 4 members (excludes halogenated alkanes) is 8. The molecule has 0 aliphatic rings. The molecule has 0 saturated carbocycles. The number of quaternary nitrogens is 1. The predicted octanol–water partition coefficient (Wildman–Crippen LogP) is 3.98. The third-order valence-corrected chi connectivity index (χ3v) is 5.36. The Morgan fingerprint density at radius 2 is 1.45 bits per heavy atom. The van der Waals surface area contributed by atoms with E-state index in [0.717, 1.165) is 30.4 Å². The molecule has 0 saturated heterocycles. The Morgan fingerprint density at radius 3 is 1.86 bits per heavy atom. The van der Waals surface area contributed by atoms with E-state index in [2.05, 4.69) is 37.1 Å². The maximum Gasteiger partial charge on any atom is 0.397 e. The largest absolute Gasteiger partial charge is 0.862 e. The van der Waals surface area contributed by atoms with Gasteiger partial charge in [0.25, 0.3) is 0 Å². The topological polar surface area (TPSA) is 99.0 Å². The Kier molecular flexibility index (Phi) is 20.3. The molecular formula is C21H46N2O5S. The molecule has 0 spiro atoms. The Hall–Kier alpha value is -0.700. The highest BCUT2D eigenvalue weighted by atomic mass is 32.3. The van der Waals surface area contributed by atoms with Crippen LogP contribution in [0, 0.1) is 0 Å². The molecule has 0 aliphatic carbocycles. The maximum atomic E-state index is 11.7. The lowest BCUT2D eigenvalue weighted by Gasteiger charge is -2.27. The molecule has 0 aromatic carbocycles. The minimum absolute atomic E-state index is 0.0289. The van der Waals surface area contributed by atoms with Crippen molar-refractivity contribution in [1.82, 2.24) is 0 Å². The zero-order valence-corrected chi connectivity index (χ0v) is 20.3. The summed E-state index contributed by atoms with van der Waals surface area (Å²) in [5.41, 5.74) is 0. The van der Waals surface area contributed by atoms with Crippen molar-refractivity contribution < 1.29 is 26.7 Å². The van der Waals surface area contributed by atoms with E-state index in [4.69, 9.17) is 4.55 Å². The van der Waals surface area contributed by atoms with Crippen molar-refractivity contribution >= 4 is 16.3 Å². The molecule has 0 bridgehead atoms. The molecule has 0 aromatic rings. The Bertz CT molecular complexity index is 493. The van der Waals surface area contributed by atoms with E-state index in [1.165, 1.54) is 58.3 Å². The molecule has 0 atom stereocenters. The minimum atomic E-state index is -4.17. The summed E-state index contributed by atoms with van der Waals surface area (Å²) in [6.07, 6.45) is 13.3. The molecule has 29 heavy (non-hydrogen) atoms. The van der Waals surface area contributed by atoms with Gasteiger partial charge in [-0.2, -0.15) is 8.42 Å². The van der Waals surface area contributed by atoms with Gasteiger partial charge >= 0.3 is 10.4 Å². The van der Waals surface area contributed by atoms with Gasteiger partial charge in [0.2, 0.25) is 0 Å². The molecule has 0 radical (unpaired) electrons. The van der Waals surface area contributed by atoms with Crippen LogP contribution in [-0.2, 0) is 14.6 Å². The SMILES string of the molecule is CCCCCCCCCCCC([O-])=NCCC[N+](C)(C)CC.CCOS(=O)(=O)O. The van der Waals surface area contributed by atoms with Crippen LogP contribution in [0.3, 0.4) is 0 Å². The predicted molar refractivity (Wildman–Crippen MR) is 119 cm³/mol. The number of rotatable bonds is 17. The second kappa shape index (κ2) is 19.3. The van der Waals surface area contributed by atoms with Crippen molar-refractivity contribution in [3.05, 3.63) is 0 Å². The van der Waals surface area contributed by atoms with Crippen LogP contribution in [0.4, 0.5) is 0 Å². The molecule has 0 fully saturated rings. The summed E-state index contributed by atoms with van der Waals surface area (Å²) in [6, 6.07) is 0. The summed E-state index contributed by atoms with van der Waals surface area (Å²) in [5.74, 6) is 0.116. The summed E-state index contributed by atoms with van der Waals surface area (Å²) in [7, 11) is 0.278. The van der Waals surface area contributed by atoms with Crippen molar-refractivity contribution in [1.29, 1.82) is 0 Å². The average molecular weight is 439 g/mol. The Balaban J connectivity index is 0. The number of nitrogens with zero attached hydrogens (tertiary/aromatic N) is 2. The first-order chi connectivity index (χ1) is 13.6. The monoisotopic (exact) mass is 438 g/mol. The molecule has 0 aromatic heterocycles. The molecule has 7 nitrogen and oxygen atoms in total. The van der Waals surface area contributed by atoms with E-state index in [1.54, 1.807) is 0 Å². The highest BCUT2D eigenvalue weighted by Crippen LogP contribution is 2.10. The van der Waals surface area contributed by atoms with Crippen molar-refractivity contribution in [2.45, 2.75) is 91.4 Å². The second-order valence-corrected chi connectivity index (χ2v) is 9.11. The van der Waals surface area contributed by atoms with Crippen LogP contribution < -0.4 is 5.11 Å². The fourth-order valence-electron chi connectivity index (χ4n) is 2.68. The van der Waals surface area contributed by atoms with Crippen molar-refractivity contribution in [2.24, 2.45) is 4.99 Å². The summed E-state index contributed by atoms with van der Waals surface area (Å²) in [6.45, 7) is 8.83. The van der Waals surface area contributed by atoms with Gasteiger partial charge in [0.05, 0.1) is 33.8 Å². The quantitative estimate of drug-likeness (QED) is 0.122. The molecule has 0 heterocycles. The second-order valence-electron chi connectivity index (χ2n) is 8.02. The standard InChI is InChI=1S/C19H40N2O.C2H6O4S/c1-5-7-8-9-10-11-12-13-14-16-19(22)20-17-15-18-21(3,4)6-2;1-2-6-7(3,4)5/h5-18H2,1-4H3;2H2,1H3,(H,3,4,5).